The van der Waals surface area contributed by atoms with Crippen LogP contribution < -0.4 is 4.72 Å². The number of aliphatic carboxylic acids is 1. The summed E-state index contributed by atoms with van der Waals surface area (Å²) in [6.07, 6.45) is 6.50. The Labute approximate surface area is 127 Å². The van der Waals surface area contributed by atoms with E-state index in [2.05, 4.69) is 11.6 Å². The van der Waals surface area contributed by atoms with Crippen LogP contribution in [0.15, 0.2) is 0 Å². The van der Waals surface area contributed by atoms with E-state index in [0.29, 0.717) is 32.5 Å². The summed E-state index contributed by atoms with van der Waals surface area (Å²) in [5.74, 6) is -1.23. The first kappa shape index (κ1) is 16.7. The highest BCUT2D eigenvalue weighted by atomic mass is 32.2. The van der Waals surface area contributed by atoms with Gasteiger partial charge in [-0.05, 0) is 31.1 Å². The summed E-state index contributed by atoms with van der Waals surface area (Å²) in [7, 11) is -3.48. The molecule has 6 nitrogen and oxygen atoms in total. The molecule has 1 heterocycles. The monoisotopic (exact) mass is 318 g/mol. The van der Waals surface area contributed by atoms with Crippen LogP contribution >= 0.6 is 0 Å². The minimum atomic E-state index is -3.48. The van der Waals surface area contributed by atoms with E-state index in [9.17, 15) is 13.2 Å². The van der Waals surface area contributed by atoms with Gasteiger partial charge in [0.15, 0.2) is 0 Å². The van der Waals surface area contributed by atoms with Crippen LogP contribution in [0.4, 0.5) is 0 Å². The summed E-state index contributed by atoms with van der Waals surface area (Å²) >= 11 is 0. The normalized spacial score (nSPS) is 24.8. The van der Waals surface area contributed by atoms with Gasteiger partial charge in [0.25, 0.3) is 10.2 Å². The van der Waals surface area contributed by atoms with Gasteiger partial charge >= 0.3 is 5.97 Å². The number of piperidine rings is 1. The van der Waals surface area contributed by atoms with Crippen molar-refractivity contribution >= 4 is 16.2 Å². The van der Waals surface area contributed by atoms with Gasteiger partial charge < -0.3 is 5.11 Å². The molecule has 0 aromatic rings. The van der Waals surface area contributed by atoms with Crippen LogP contribution in [-0.2, 0) is 15.0 Å². The molecule has 122 valence electrons. The molecule has 0 aromatic heterocycles. The molecule has 0 spiro atoms. The highest BCUT2D eigenvalue weighted by molar-refractivity contribution is 7.87. The van der Waals surface area contributed by atoms with Gasteiger partial charge in [-0.2, -0.15) is 12.7 Å². The molecule has 1 saturated carbocycles. The molecule has 0 aromatic carbocycles. The largest absolute Gasteiger partial charge is 0.481 e. The maximum absolute atomic E-state index is 12.3. The van der Waals surface area contributed by atoms with Crippen LogP contribution in [0.25, 0.3) is 0 Å². The smallest absolute Gasteiger partial charge is 0.306 e. The minimum absolute atomic E-state index is 0.0602. The molecule has 21 heavy (non-hydrogen) atoms. The molecule has 7 heteroatoms. The SMILES string of the molecule is CC1(CNS(=O)(=O)N2CCC(C(=O)O)CC2)CCCCC1. The number of carbonyl (C=O) groups is 1. The molecule has 0 unspecified atom stereocenters. The highest BCUT2D eigenvalue weighted by Gasteiger charge is 2.33. The van der Waals surface area contributed by atoms with Crippen LogP contribution in [0, 0.1) is 11.3 Å². The van der Waals surface area contributed by atoms with Gasteiger partial charge in [-0.15, -0.1) is 0 Å². The second kappa shape index (κ2) is 6.62. The van der Waals surface area contributed by atoms with Gasteiger partial charge in [0.05, 0.1) is 5.92 Å². The molecule has 1 aliphatic carbocycles. The maximum Gasteiger partial charge on any atom is 0.306 e. The van der Waals surface area contributed by atoms with Gasteiger partial charge in [-0.25, -0.2) is 4.72 Å². The van der Waals surface area contributed by atoms with Crippen LogP contribution in [0.3, 0.4) is 0 Å². The van der Waals surface area contributed by atoms with Gasteiger partial charge in [0.1, 0.15) is 0 Å². The minimum Gasteiger partial charge on any atom is -0.481 e. The number of carboxylic acid groups (broad SMARTS) is 1. The summed E-state index contributed by atoms with van der Waals surface area (Å²) in [4.78, 5) is 10.9. The van der Waals surface area contributed by atoms with Crippen LogP contribution in [-0.4, -0.2) is 43.4 Å². The lowest BCUT2D eigenvalue weighted by molar-refractivity contribution is -0.142. The molecular weight excluding hydrogens is 292 g/mol. The van der Waals surface area contributed by atoms with Crippen molar-refractivity contribution in [3.05, 3.63) is 0 Å². The molecule has 2 rings (SSSR count). The Morgan fingerprint density at radius 3 is 2.33 bits per heavy atom. The first-order chi connectivity index (χ1) is 9.82. The fraction of sp³-hybridized carbons (Fsp3) is 0.929. The third kappa shape index (κ3) is 4.40. The average Bonchev–Trinajstić information content (AvgIpc) is 2.46. The van der Waals surface area contributed by atoms with Crippen molar-refractivity contribution < 1.29 is 18.3 Å². The lowest BCUT2D eigenvalue weighted by Crippen LogP contribution is -2.48. The first-order valence-electron chi connectivity index (χ1n) is 7.80. The summed E-state index contributed by atoms with van der Waals surface area (Å²) < 4.78 is 28.8. The Hall–Kier alpha value is -0.660. The Morgan fingerprint density at radius 2 is 1.81 bits per heavy atom. The Balaban J connectivity index is 1.86. The topological polar surface area (TPSA) is 86.7 Å². The quantitative estimate of drug-likeness (QED) is 0.806. The molecule has 2 N–H and O–H groups in total. The lowest BCUT2D eigenvalue weighted by atomic mass is 9.76. The predicted molar refractivity (Wildman–Crippen MR) is 80.0 cm³/mol. The second-order valence-electron chi connectivity index (χ2n) is 6.71. The van der Waals surface area contributed by atoms with Gasteiger partial charge in [-0.1, -0.05) is 26.2 Å². The Morgan fingerprint density at radius 1 is 1.24 bits per heavy atom. The average molecular weight is 318 g/mol. The number of nitrogens with one attached hydrogen (secondary N) is 1. The molecule has 1 saturated heterocycles. The van der Waals surface area contributed by atoms with Gasteiger partial charge in [0.2, 0.25) is 0 Å². The molecule has 0 atom stereocenters. The van der Waals surface area contributed by atoms with E-state index in [4.69, 9.17) is 5.11 Å². The van der Waals surface area contributed by atoms with Crippen LogP contribution in [0.1, 0.15) is 51.9 Å². The number of hydrogen-bond donors (Lipinski definition) is 2. The van der Waals surface area contributed by atoms with Crippen molar-refractivity contribution in [3.8, 4) is 0 Å². The van der Waals surface area contributed by atoms with E-state index in [-0.39, 0.29) is 5.41 Å². The van der Waals surface area contributed by atoms with Crippen LogP contribution in [0.2, 0.25) is 0 Å². The highest BCUT2D eigenvalue weighted by Crippen LogP contribution is 2.35. The van der Waals surface area contributed by atoms with Crippen molar-refractivity contribution in [2.45, 2.75) is 51.9 Å². The van der Waals surface area contributed by atoms with E-state index in [0.717, 1.165) is 12.8 Å². The van der Waals surface area contributed by atoms with Crippen molar-refractivity contribution in [2.75, 3.05) is 19.6 Å². The predicted octanol–water partition coefficient (Wildman–Crippen LogP) is 1.59. The molecule has 0 bridgehead atoms. The van der Waals surface area contributed by atoms with E-state index >= 15 is 0 Å². The summed E-state index contributed by atoms with van der Waals surface area (Å²) in [5, 5.41) is 8.95. The standard InChI is InChI=1S/C14H26N2O4S/c1-14(7-3-2-4-8-14)11-15-21(19,20)16-9-5-12(6-10-16)13(17)18/h12,15H,2-11H2,1H3,(H,17,18). The molecule has 2 aliphatic rings. The summed E-state index contributed by atoms with van der Waals surface area (Å²) in [6.45, 7) is 3.21. The Kier molecular flexibility index (Phi) is 5.27. The molecule has 2 fully saturated rings. The van der Waals surface area contributed by atoms with E-state index < -0.39 is 22.1 Å². The van der Waals surface area contributed by atoms with Crippen molar-refractivity contribution in [1.29, 1.82) is 0 Å². The zero-order valence-corrected chi connectivity index (χ0v) is 13.5. The molecule has 0 amide bonds. The number of hydrogen-bond acceptors (Lipinski definition) is 3. The second-order valence-corrected chi connectivity index (χ2v) is 8.46. The van der Waals surface area contributed by atoms with E-state index in [1.54, 1.807) is 0 Å². The summed E-state index contributed by atoms with van der Waals surface area (Å²) in [6, 6.07) is 0. The third-order valence-electron chi connectivity index (χ3n) is 4.89. The number of rotatable bonds is 5. The maximum atomic E-state index is 12.3. The summed E-state index contributed by atoms with van der Waals surface area (Å²) in [5.41, 5.74) is 0.0602. The molecule has 0 radical (unpaired) electrons. The lowest BCUT2D eigenvalue weighted by Gasteiger charge is -2.35. The first-order valence-corrected chi connectivity index (χ1v) is 9.24. The molecule has 1 aliphatic heterocycles. The number of nitrogens with zero attached hydrogens (tertiary/aromatic N) is 1. The van der Waals surface area contributed by atoms with Crippen molar-refractivity contribution in [1.82, 2.24) is 9.03 Å². The molecular formula is C14H26N2O4S. The Bertz CT molecular complexity index is 463. The number of carboxylic acids is 1. The third-order valence-corrected chi connectivity index (χ3v) is 6.44. The van der Waals surface area contributed by atoms with Gasteiger partial charge in [0, 0.05) is 19.6 Å². The van der Waals surface area contributed by atoms with Crippen molar-refractivity contribution in [2.24, 2.45) is 11.3 Å². The van der Waals surface area contributed by atoms with Crippen molar-refractivity contribution in [3.63, 3.8) is 0 Å². The van der Waals surface area contributed by atoms with Crippen LogP contribution in [0.5, 0.6) is 0 Å². The van der Waals surface area contributed by atoms with E-state index in [1.165, 1.54) is 23.6 Å². The zero-order chi connectivity index (χ0) is 15.5. The fourth-order valence-corrected chi connectivity index (χ4v) is 4.69. The zero-order valence-electron chi connectivity index (χ0n) is 12.7. The van der Waals surface area contributed by atoms with Gasteiger partial charge in [-0.3, -0.25) is 4.79 Å². The van der Waals surface area contributed by atoms with E-state index in [1.807, 2.05) is 0 Å². The fourth-order valence-electron chi connectivity index (χ4n) is 3.28.